The molecule has 5 heteroatoms. The van der Waals surface area contributed by atoms with Gasteiger partial charge >= 0.3 is 0 Å². The summed E-state index contributed by atoms with van der Waals surface area (Å²) >= 11 is 1.65. The molecule has 0 fully saturated rings. The zero-order valence-corrected chi connectivity index (χ0v) is 17.2. The second kappa shape index (κ2) is 13.8. The standard InChI is InChI=1S/C20H27N3OS.C2H2/c1-4-17(10-8-14-24-15-9-13-23(2)3)19-16-21-20(25-19)22-18-11-6-5-7-12-18;1-2/h4-8,10-12,16H,9,13-15H2,1-3H3,(H,21,22);1-2H/b10-8-,17-4+;. The van der Waals surface area contributed by atoms with Crippen molar-refractivity contribution in [1.82, 2.24) is 9.88 Å². The van der Waals surface area contributed by atoms with Gasteiger partial charge in [0.25, 0.3) is 0 Å². The van der Waals surface area contributed by atoms with Gasteiger partial charge in [-0.3, -0.25) is 0 Å². The van der Waals surface area contributed by atoms with E-state index in [0.717, 1.165) is 40.8 Å². The van der Waals surface area contributed by atoms with Crippen LogP contribution >= 0.6 is 11.3 Å². The summed E-state index contributed by atoms with van der Waals surface area (Å²) < 4.78 is 5.63. The Morgan fingerprint density at radius 3 is 2.67 bits per heavy atom. The maximum Gasteiger partial charge on any atom is 0.187 e. The molecule has 27 heavy (non-hydrogen) atoms. The molecule has 0 spiro atoms. The van der Waals surface area contributed by atoms with E-state index in [1.165, 1.54) is 0 Å². The summed E-state index contributed by atoms with van der Waals surface area (Å²) in [4.78, 5) is 7.77. The van der Waals surface area contributed by atoms with Gasteiger partial charge in [-0.1, -0.05) is 47.8 Å². The number of terminal acetylenes is 1. The Hall–Kier alpha value is -2.39. The van der Waals surface area contributed by atoms with Crippen molar-refractivity contribution >= 4 is 27.7 Å². The van der Waals surface area contributed by atoms with Crippen molar-refractivity contribution in [2.45, 2.75) is 13.3 Å². The molecular weight excluding hydrogens is 354 g/mol. The highest BCUT2D eigenvalue weighted by Crippen LogP contribution is 2.28. The maximum atomic E-state index is 5.63. The molecule has 0 amide bonds. The Morgan fingerprint density at radius 2 is 2.00 bits per heavy atom. The fourth-order valence-corrected chi connectivity index (χ4v) is 3.13. The summed E-state index contributed by atoms with van der Waals surface area (Å²) in [6, 6.07) is 10.1. The molecule has 0 aliphatic rings. The van der Waals surface area contributed by atoms with Crippen molar-refractivity contribution < 1.29 is 4.74 Å². The lowest BCUT2D eigenvalue weighted by Crippen LogP contribution is -2.14. The topological polar surface area (TPSA) is 37.4 Å². The summed E-state index contributed by atoms with van der Waals surface area (Å²) in [5, 5.41) is 4.23. The van der Waals surface area contributed by atoms with Crippen molar-refractivity contribution in [3.05, 3.63) is 59.6 Å². The average molecular weight is 384 g/mol. The third-order valence-corrected chi connectivity index (χ3v) is 4.49. The minimum atomic E-state index is 0.638. The predicted molar refractivity (Wildman–Crippen MR) is 119 cm³/mol. The van der Waals surface area contributed by atoms with Gasteiger partial charge < -0.3 is 15.0 Å². The second-order valence-electron chi connectivity index (χ2n) is 5.90. The molecule has 0 aliphatic heterocycles. The molecule has 1 heterocycles. The highest BCUT2D eigenvalue weighted by atomic mass is 32.1. The Balaban J connectivity index is 0.00000176. The number of hydrogen-bond donors (Lipinski definition) is 1. The first-order valence-corrected chi connectivity index (χ1v) is 9.67. The molecule has 0 unspecified atom stereocenters. The Bertz CT molecular complexity index is 717. The highest BCUT2D eigenvalue weighted by molar-refractivity contribution is 7.16. The number of benzene rings is 1. The molecule has 1 N–H and O–H groups in total. The molecule has 0 saturated heterocycles. The number of nitrogens with zero attached hydrogens (tertiary/aromatic N) is 2. The third kappa shape index (κ3) is 9.20. The number of para-hydroxylation sites is 1. The van der Waals surface area contributed by atoms with Gasteiger partial charge in [0.1, 0.15) is 0 Å². The van der Waals surface area contributed by atoms with Gasteiger partial charge in [-0.05, 0) is 51.7 Å². The summed E-state index contributed by atoms with van der Waals surface area (Å²) in [7, 11) is 4.16. The van der Waals surface area contributed by atoms with Gasteiger partial charge in [0.05, 0.1) is 11.5 Å². The van der Waals surface area contributed by atoms with Crippen LogP contribution in [0.25, 0.3) is 5.57 Å². The Morgan fingerprint density at radius 1 is 1.26 bits per heavy atom. The minimum Gasteiger partial charge on any atom is -0.377 e. The lowest BCUT2D eigenvalue weighted by Gasteiger charge is -2.08. The third-order valence-electron chi connectivity index (χ3n) is 3.53. The van der Waals surface area contributed by atoms with Crippen molar-refractivity contribution in [1.29, 1.82) is 0 Å². The van der Waals surface area contributed by atoms with Gasteiger partial charge in [-0.15, -0.1) is 12.8 Å². The molecular formula is C22H29N3OS. The van der Waals surface area contributed by atoms with E-state index < -0.39 is 0 Å². The van der Waals surface area contributed by atoms with Crippen LogP contribution in [0.3, 0.4) is 0 Å². The van der Waals surface area contributed by atoms with E-state index in [9.17, 15) is 0 Å². The van der Waals surface area contributed by atoms with E-state index >= 15 is 0 Å². The quantitative estimate of drug-likeness (QED) is 0.353. The lowest BCUT2D eigenvalue weighted by molar-refractivity contribution is 0.152. The molecule has 0 saturated carbocycles. The molecule has 1 aromatic carbocycles. The van der Waals surface area contributed by atoms with Crippen LogP contribution < -0.4 is 5.32 Å². The molecule has 144 valence electrons. The van der Waals surface area contributed by atoms with E-state index in [1.54, 1.807) is 11.3 Å². The molecule has 4 nitrogen and oxygen atoms in total. The predicted octanol–water partition coefficient (Wildman–Crippen LogP) is 5.06. The van der Waals surface area contributed by atoms with E-state index in [-0.39, 0.29) is 0 Å². The normalized spacial score (nSPS) is 11.4. The van der Waals surface area contributed by atoms with Crippen molar-refractivity contribution in [3.63, 3.8) is 0 Å². The van der Waals surface area contributed by atoms with Crippen LogP contribution in [-0.4, -0.2) is 43.7 Å². The first kappa shape index (κ1) is 22.7. The summed E-state index contributed by atoms with van der Waals surface area (Å²) in [6.07, 6.45) is 17.2. The molecule has 0 bridgehead atoms. The number of aromatic nitrogens is 1. The van der Waals surface area contributed by atoms with Gasteiger partial charge in [-0.2, -0.15) is 0 Å². The molecule has 0 radical (unpaired) electrons. The highest BCUT2D eigenvalue weighted by Gasteiger charge is 2.04. The number of anilines is 2. The van der Waals surface area contributed by atoms with Crippen molar-refractivity contribution in [3.8, 4) is 12.8 Å². The molecule has 1 aromatic heterocycles. The number of nitrogens with one attached hydrogen (secondary N) is 1. The van der Waals surface area contributed by atoms with E-state index in [0.29, 0.717) is 6.61 Å². The van der Waals surface area contributed by atoms with Gasteiger partial charge in [-0.25, -0.2) is 4.98 Å². The summed E-state index contributed by atoms with van der Waals surface area (Å²) in [5.41, 5.74) is 2.21. The summed E-state index contributed by atoms with van der Waals surface area (Å²) in [6.45, 7) is 4.53. The van der Waals surface area contributed by atoms with Crippen LogP contribution in [0.2, 0.25) is 0 Å². The number of ether oxygens (including phenoxy) is 1. The molecule has 0 aliphatic carbocycles. The van der Waals surface area contributed by atoms with E-state index in [1.807, 2.05) is 43.5 Å². The fraction of sp³-hybridized carbons (Fsp3) is 0.318. The van der Waals surface area contributed by atoms with Gasteiger partial charge in [0, 0.05) is 18.5 Å². The number of hydrogen-bond acceptors (Lipinski definition) is 5. The van der Waals surface area contributed by atoms with Crippen LogP contribution in [0.15, 0.2) is 54.8 Å². The average Bonchev–Trinajstić information content (AvgIpc) is 3.14. The van der Waals surface area contributed by atoms with Crippen LogP contribution in [0.5, 0.6) is 0 Å². The van der Waals surface area contributed by atoms with Crippen LogP contribution in [-0.2, 0) is 4.74 Å². The number of allylic oxidation sites excluding steroid dienone is 3. The first-order valence-electron chi connectivity index (χ1n) is 8.86. The molecule has 2 aromatic rings. The number of rotatable bonds is 10. The minimum absolute atomic E-state index is 0.638. The molecule has 2 rings (SSSR count). The largest absolute Gasteiger partial charge is 0.377 e. The van der Waals surface area contributed by atoms with E-state index in [2.05, 4.69) is 60.4 Å². The fourth-order valence-electron chi connectivity index (χ4n) is 2.24. The van der Waals surface area contributed by atoms with Crippen LogP contribution in [0, 0.1) is 12.8 Å². The monoisotopic (exact) mass is 383 g/mol. The Kier molecular flexibility index (Phi) is 11.5. The zero-order valence-electron chi connectivity index (χ0n) is 16.4. The smallest absolute Gasteiger partial charge is 0.187 e. The van der Waals surface area contributed by atoms with Crippen LogP contribution in [0.1, 0.15) is 18.2 Å². The second-order valence-corrected chi connectivity index (χ2v) is 6.93. The van der Waals surface area contributed by atoms with Crippen LogP contribution in [0.4, 0.5) is 10.8 Å². The molecule has 0 atom stereocenters. The number of thiazole rings is 1. The van der Waals surface area contributed by atoms with E-state index in [4.69, 9.17) is 4.74 Å². The summed E-state index contributed by atoms with van der Waals surface area (Å²) in [5.74, 6) is 0. The van der Waals surface area contributed by atoms with Gasteiger partial charge in [0.15, 0.2) is 5.13 Å². The lowest BCUT2D eigenvalue weighted by atomic mass is 10.2. The Labute approximate surface area is 167 Å². The zero-order chi connectivity index (χ0) is 19.9. The van der Waals surface area contributed by atoms with Gasteiger partial charge in [0.2, 0.25) is 0 Å². The van der Waals surface area contributed by atoms with Crippen molar-refractivity contribution in [2.75, 3.05) is 39.2 Å². The van der Waals surface area contributed by atoms with Crippen molar-refractivity contribution in [2.24, 2.45) is 0 Å². The maximum absolute atomic E-state index is 5.63. The first-order chi connectivity index (χ1) is 13.2. The SMILES string of the molecule is C#C.C/C=C(\C=C/COCCCN(C)C)c1cnc(Nc2ccccc2)s1.